The molecule has 1 N–H and O–H groups in total. The van der Waals surface area contributed by atoms with E-state index in [2.05, 4.69) is 5.32 Å². The first-order valence-corrected chi connectivity index (χ1v) is 7.51. The minimum atomic E-state index is -5.09. The van der Waals surface area contributed by atoms with Crippen LogP contribution in [0.1, 0.15) is 49.9 Å². The number of benzene rings is 1. The van der Waals surface area contributed by atoms with Crippen LogP contribution in [-0.4, -0.2) is 18.9 Å². The summed E-state index contributed by atoms with van der Waals surface area (Å²) in [6.07, 6.45) is 4.46. The quantitative estimate of drug-likeness (QED) is 0.818. The van der Waals surface area contributed by atoms with Gasteiger partial charge in [-0.25, -0.2) is 0 Å². The minimum absolute atomic E-state index is 0.0448. The van der Waals surface area contributed by atoms with Gasteiger partial charge in [0.15, 0.2) is 0 Å². The molecule has 0 aliphatic heterocycles. The Balaban J connectivity index is 2.00. The van der Waals surface area contributed by atoms with Crippen LogP contribution in [0.25, 0.3) is 0 Å². The fraction of sp³-hybridized carbons (Fsp3) is 0.533. The molecule has 0 aromatic heterocycles. The molecule has 1 fully saturated rings. The SMILES string of the molecule is O=C(CC(c1ccccc1)[B-](F)(F)F)NC1CCCCC1. The van der Waals surface area contributed by atoms with E-state index in [1.165, 1.54) is 12.1 Å². The number of nitrogens with one attached hydrogen (secondary N) is 1. The van der Waals surface area contributed by atoms with Gasteiger partial charge < -0.3 is 18.3 Å². The van der Waals surface area contributed by atoms with Crippen molar-refractivity contribution < 1.29 is 17.7 Å². The fourth-order valence-electron chi connectivity index (χ4n) is 2.90. The molecule has 0 heterocycles. The molecule has 1 atom stereocenters. The predicted octanol–water partition coefficient (Wildman–Crippen LogP) is 4.00. The van der Waals surface area contributed by atoms with Crippen LogP contribution in [0.2, 0.25) is 0 Å². The maximum absolute atomic E-state index is 13.2. The van der Waals surface area contributed by atoms with E-state index in [9.17, 15) is 17.7 Å². The van der Waals surface area contributed by atoms with E-state index in [1.54, 1.807) is 18.2 Å². The molecule has 6 heteroatoms. The first-order valence-electron chi connectivity index (χ1n) is 7.51. The Bertz CT molecular complexity index is 458. The molecule has 0 radical (unpaired) electrons. The summed E-state index contributed by atoms with van der Waals surface area (Å²) in [6.45, 7) is -5.09. The Kier molecular flexibility index (Phi) is 5.31. The van der Waals surface area contributed by atoms with E-state index < -0.39 is 25.1 Å². The van der Waals surface area contributed by atoms with Crippen LogP contribution in [0.5, 0.6) is 0 Å². The lowest BCUT2D eigenvalue weighted by Gasteiger charge is -2.28. The van der Waals surface area contributed by atoms with Gasteiger partial charge in [0.05, 0.1) is 0 Å². The minimum Gasteiger partial charge on any atom is -0.448 e. The molecular formula is C15H20BF3NO-. The Hall–Kier alpha value is -1.46. The predicted molar refractivity (Wildman–Crippen MR) is 77.9 cm³/mol. The maximum atomic E-state index is 13.2. The number of carbonyl (C=O) groups excluding carboxylic acids is 1. The second-order valence-electron chi connectivity index (χ2n) is 5.75. The highest BCUT2D eigenvalue weighted by atomic mass is 19.4. The van der Waals surface area contributed by atoms with Gasteiger partial charge in [0, 0.05) is 12.5 Å². The molecule has 116 valence electrons. The van der Waals surface area contributed by atoms with E-state index in [0.717, 1.165) is 32.1 Å². The van der Waals surface area contributed by atoms with Crippen molar-refractivity contribution in [3.05, 3.63) is 35.9 Å². The number of amides is 1. The smallest absolute Gasteiger partial charge is 0.448 e. The van der Waals surface area contributed by atoms with E-state index in [1.807, 2.05) is 0 Å². The molecule has 21 heavy (non-hydrogen) atoms. The van der Waals surface area contributed by atoms with Gasteiger partial charge in [0.2, 0.25) is 5.91 Å². The molecule has 0 saturated heterocycles. The first-order chi connectivity index (χ1) is 9.97. The van der Waals surface area contributed by atoms with Crippen LogP contribution < -0.4 is 5.32 Å². The lowest BCUT2D eigenvalue weighted by atomic mass is 9.66. The monoisotopic (exact) mass is 298 g/mol. The van der Waals surface area contributed by atoms with Crippen LogP contribution in [0.3, 0.4) is 0 Å². The lowest BCUT2D eigenvalue weighted by Crippen LogP contribution is -2.39. The molecule has 0 spiro atoms. The average molecular weight is 298 g/mol. The van der Waals surface area contributed by atoms with Gasteiger partial charge in [-0.2, -0.15) is 0 Å². The van der Waals surface area contributed by atoms with Crippen LogP contribution in [0.4, 0.5) is 12.9 Å². The van der Waals surface area contributed by atoms with Gasteiger partial charge in [0.25, 0.3) is 0 Å². The average Bonchev–Trinajstić information content (AvgIpc) is 2.45. The van der Waals surface area contributed by atoms with Gasteiger partial charge >= 0.3 is 6.98 Å². The van der Waals surface area contributed by atoms with E-state index in [4.69, 9.17) is 0 Å². The van der Waals surface area contributed by atoms with Gasteiger partial charge in [-0.15, -0.1) is 0 Å². The van der Waals surface area contributed by atoms with Gasteiger partial charge in [0.1, 0.15) is 0 Å². The normalized spacial score (nSPS) is 18.2. The molecule has 1 amide bonds. The Morgan fingerprint density at radius 2 is 1.76 bits per heavy atom. The molecule has 1 aliphatic carbocycles. The van der Waals surface area contributed by atoms with Gasteiger partial charge in [-0.3, -0.25) is 4.79 Å². The third kappa shape index (κ3) is 4.79. The van der Waals surface area contributed by atoms with Crippen molar-refractivity contribution in [1.82, 2.24) is 5.32 Å². The lowest BCUT2D eigenvalue weighted by molar-refractivity contribution is -0.122. The number of rotatable bonds is 5. The summed E-state index contributed by atoms with van der Waals surface area (Å²) in [6, 6.07) is 7.74. The molecule has 1 saturated carbocycles. The molecule has 0 bridgehead atoms. The highest BCUT2D eigenvalue weighted by Crippen LogP contribution is 2.33. The van der Waals surface area contributed by atoms with Crippen molar-refractivity contribution in [2.75, 3.05) is 0 Å². The largest absolute Gasteiger partial charge is 0.486 e. The summed E-state index contributed by atoms with van der Waals surface area (Å²) < 4.78 is 39.7. The molecule has 2 nitrogen and oxygen atoms in total. The van der Waals surface area contributed by atoms with Crippen molar-refractivity contribution in [2.24, 2.45) is 0 Å². The molecule has 1 aromatic rings. The van der Waals surface area contributed by atoms with E-state index in [0.29, 0.717) is 0 Å². The summed E-state index contributed by atoms with van der Waals surface area (Å²) in [5.41, 5.74) is 0.170. The zero-order valence-corrected chi connectivity index (χ0v) is 11.9. The molecule has 1 aliphatic rings. The van der Waals surface area contributed by atoms with Crippen LogP contribution in [-0.2, 0) is 4.79 Å². The number of hydrogen-bond acceptors (Lipinski definition) is 1. The summed E-state index contributed by atoms with van der Waals surface area (Å²) in [5.74, 6) is -2.16. The second kappa shape index (κ2) is 7.01. The molecular weight excluding hydrogens is 278 g/mol. The third-order valence-electron chi connectivity index (χ3n) is 4.06. The number of hydrogen-bond donors (Lipinski definition) is 1. The zero-order valence-electron chi connectivity index (χ0n) is 11.9. The zero-order chi connectivity index (χ0) is 15.3. The highest BCUT2D eigenvalue weighted by molar-refractivity contribution is 6.60. The van der Waals surface area contributed by atoms with E-state index in [-0.39, 0.29) is 11.6 Å². The maximum Gasteiger partial charge on any atom is 0.486 e. The third-order valence-corrected chi connectivity index (χ3v) is 4.06. The Labute approximate surface area is 123 Å². The van der Waals surface area contributed by atoms with Crippen molar-refractivity contribution in [3.63, 3.8) is 0 Å². The first kappa shape index (κ1) is 15.9. The Morgan fingerprint density at radius 3 is 2.33 bits per heavy atom. The van der Waals surface area contributed by atoms with Crippen molar-refractivity contribution in [1.29, 1.82) is 0 Å². The fourth-order valence-corrected chi connectivity index (χ4v) is 2.90. The summed E-state index contributed by atoms with van der Waals surface area (Å²) in [7, 11) is 0. The van der Waals surface area contributed by atoms with Crippen LogP contribution in [0, 0.1) is 0 Å². The topological polar surface area (TPSA) is 29.1 Å². The van der Waals surface area contributed by atoms with Crippen molar-refractivity contribution in [3.8, 4) is 0 Å². The summed E-state index contributed by atoms with van der Waals surface area (Å²) in [5, 5.41) is 2.76. The second-order valence-corrected chi connectivity index (χ2v) is 5.75. The highest BCUT2D eigenvalue weighted by Gasteiger charge is 2.37. The van der Waals surface area contributed by atoms with Crippen LogP contribution >= 0.6 is 0 Å². The number of carbonyl (C=O) groups is 1. The molecule has 2 rings (SSSR count). The summed E-state index contributed by atoms with van der Waals surface area (Å²) in [4.78, 5) is 11.9. The van der Waals surface area contributed by atoms with Gasteiger partial charge in [-0.1, -0.05) is 55.2 Å². The van der Waals surface area contributed by atoms with Crippen molar-refractivity contribution >= 4 is 12.9 Å². The molecule has 1 unspecified atom stereocenters. The standard InChI is InChI=1S/C15H20BF3NO/c17-16(18,19)14(12-7-3-1-4-8-12)11-15(21)20-13-9-5-2-6-10-13/h1,3-4,7-8,13-14H,2,5-6,9-11H2,(H,20,21)/q-1. The summed E-state index contributed by atoms with van der Waals surface area (Å²) >= 11 is 0. The van der Waals surface area contributed by atoms with Crippen LogP contribution in [0.15, 0.2) is 30.3 Å². The number of halogens is 3. The van der Waals surface area contributed by atoms with Gasteiger partial charge in [-0.05, 0) is 18.7 Å². The Morgan fingerprint density at radius 1 is 1.14 bits per heavy atom. The molecule has 1 aromatic carbocycles. The van der Waals surface area contributed by atoms with Crippen molar-refractivity contribution in [2.45, 2.75) is 50.4 Å². The van der Waals surface area contributed by atoms with E-state index >= 15 is 0 Å².